The van der Waals surface area contributed by atoms with Crippen LogP contribution in [0, 0.1) is 0 Å². The second kappa shape index (κ2) is 8.26. The van der Waals surface area contributed by atoms with Crippen molar-refractivity contribution in [1.82, 2.24) is 0 Å². The van der Waals surface area contributed by atoms with E-state index in [2.05, 4.69) is 5.32 Å². The zero-order valence-corrected chi connectivity index (χ0v) is 11.0. The largest absolute Gasteiger partial charge is 0.481 e. The number of aliphatic carboxylic acids is 1. The number of carbonyl (C=O) groups is 2. The van der Waals surface area contributed by atoms with Crippen molar-refractivity contribution in [2.75, 3.05) is 18.5 Å². The zero-order chi connectivity index (χ0) is 14.1. The fourth-order valence-electron chi connectivity index (χ4n) is 1.59. The molecule has 5 heteroatoms. The van der Waals surface area contributed by atoms with Crippen molar-refractivity contribution < 1.29 is 19.4 Å². The number of carboxylic acid groups (broad SMARTS) is 1. The van der Waals surface area contributed by atoms with Gasteiger partial charge in [-0.1, -0.05) is 12.1 Å². The fourth-order valence-corrected chi connectivity index (χ4v) is 1.59. The summed E-state index contributed by atoms with van der Waals surface area (Å²) in [4.78, 5) is 22.1. The number of hydrogen-bond donors (Lipinski definition) is 2. The van der Waals surface area contributed by atoms with Crippen molar-refractivity contribution in [2.24, 2.45) is 0 Å². The number of aryl methyl sites for hydroxylation is 1. The van der Waals surface area contributed by atoms with Crippen molar-refractivity contribution in [3.63, 3.8) is 0 Å². The van der Waals surface area contributed by atoms with E-state index in [4.69, 9.17) is 9.84 Å². The number of hydrogen-bond acceptors (Lipinski definition) is 3. The van der Waals surface area contributed by atoms with E-state index in [0.29, 0.717) is 31.7 Å². The van der Waals surface area contributed by atoms with Crippen LogP contribution in [0.1, 0.15) is 25.3 Å². The summed E-state index contributed by atoms with van der Waals surface area (Å²) in [6, 6.07) is 7.22. The van der Waals surface area contributed by atoms with Crippen LogP contribution in [-0.4, -0.2) is 30.2 Å². The summed E-state index contributed by atoms with van der Waals surface area (Å²) in [7, 11) is 0. The second-order valence-corrected chi connectivity index (χ2v) is 4.09. The molecule has 0 fully saturated rings. The molecular formula is C14H19NO4. The SMILES string of the molecule is CCOCCC(=O)Nc1cccc(CCC(=O)O)c1. The molecule has 0 radical (unpaired) electrons. The normalized spacial score (nSPS) is 10.2. The minimum absolute atomic E-state index is 0.0851. The lowest BCUT2D eigenvalue weighted by Gasteiger charge is -2.07. The van der Waals surface area contributed by atoms with Gasteiger partial charge in [0.15, 0.2) is 0 Å². The average Bonchev–Trinajstić information content (AvgIpc) is 2.37. The molecule has 1 aromatic carbocycles. The van der Waals surface area contributed by atoms with Crippen LogP contribution in [0.15, 0.2) is 24.3 Å². The van der Waals surface area contributed by atoms with Crippen LogP contribution < -0.4 is 5.32 Å². The van der Waals surface area contributed by atoms with Gasteiger partial charge in [-0.15, -0.1) is 0 Å². The van der Waals surface area contributed by atoms with Gasteiger partial charge in [0.1, 0.15) is 0 Å². The summed E-state index contributed by atoms with van der Waals surface area (Å²) < 4.78 is 5.10. The highest BCUT2D eigenvalue weighted by molar-refractivity contribution is 5.90. The van der Waals surface area contributed by atoms with E-state index < -0.39 is 5.97 Å². The van der Waals surface area contributed by atoms with E-state index in [0.717, 1.165) is 5.56 Å². The number of nitrogens with one attached hydrogen (secondary N) is 1. The fraction of sp³-hybridized carbons (Fsp3) is 0.429. The molecule has 0 heterocycles. The van der Waals surface area contributed by atoms with E-state index in [1.807, 2.05) is 13.0 Å². The number of amides is 1. The Morgan fingerprint density at radius 3 is 2.79 bits per heavy atom. The van der Waals surface area contributed by atoms with E-state index in [1.54, 1.807) is 18.2 Å². The van der Waals surface area contributed by atoms with E-state index in [-0.39, 0.29) is 12.3 Å². The van der Waals surface area contributed by atoms with Crippen molar-refractivity contribution in [3.8, 4) is 0 Å². The number of carbonyl (C=O) groups excluding carboxylic acids is 1. The molecule has 0 aliphatic heterocycles. The van der Waals surface area contributed by atoms with Gasteiger partial charge in [0.25, 0.3) is 0 Å². The first kappa shape index (κ1) is 15.2. The molecule has 5 nitrogen and oxygen atoms in total. The summed E-state index contributed by atoms with van der Waals surface area (Å²) in [5, 5.41) is 11.4. The predicted octanol–water partition coefficient (Wildman–Crippen LogP) is 2.07. The molecule has 0 saturated heterocycles. The molecule has 2 N–H and O–H groups in total. The van der Waals surface area contributed by atoms with Crippen LogP contribution in [0.2, 0.25) is 0 Å². The summed E-state index contributed by atoms with van der Waals surface area (Å²) in [6.45, 7) is 2.88. The highest BCUT2D eigenvalue weighted by Gasteiger charge is 2.04. The summed E-state index contributed by atoms with van der Waals surface area (Å²) in [5.41, 5.74) is 1.58. The summed E-state index contributed by atoms with van der Waals surface area (Å²) in [6.07, 6.45) is 0.854. The molecule has 19 heavy (non-hydrogen) atoms. The zero-order valence-electron chi connectivity index (χ0n) is 11.0. The molecular weight excluding hydrogens is 246 g/mol. The lowest BCUT2D eigenvalue weighted by atomic mass is 10.1. The quantitative estimate of drug-likeness (QED) is 0.705. The molecule has 0 aliphatic carbocycles. The van der Waals surface area contributed by atoms with Gasteiger partial charge in [0.05, 0.1) is 13.0 Å². The second-order valence-electron chi connectivity index (χ2n) is 4.09. The van der Waals surface area contributed by atoms with Gasteiger partial charge in [0.2, 0.25) is 5.91 Å². The Bertz CT molecular complexity index is 431. The number of carboxylic acids is 1. The Hall–Kier alpha value is -1.88. The van der Waals surface area contributed by atoms with Crippen LogP contribution in [0.3, 0.4) is 0 Å². The Kier molecular flexibility index (Phi) is 6.60. The molecule has 0 aliphatic rings. The maximum Gasteiger partial charge on any atom is 0.303 e. The third-order valence-corrected chi connectivity index (χ3v) is 2.52. The maximum absolute atomic E-state index is 11.6. The third kappa shape index (κ3) is 6.57. The Morgan fingerprint density at radius 1 is 1.32 bits per heavy atom. The van der Waals surface area contributed by atoms with Crippen LogP contribution >= 0.6 is 0 Å². The predicted molar refractivity (Wildman–Crippen MR) is 72.1 cm³/mol. The van der Waals surface area contributed by atoms with Crippen molar-refractivity contribution in [1.29, 1.82) is 0 Å². The summed E-state index contributed by atoms with van der Waals surface area (Å²) in [5.74, 6) is -0.935. The standard InChI is InChI=1S/C14H19NO4/c1-2-19-9-8-13(16)15-12-5-3-4-11(10-12)6-7-14(17)18/h3-5,10H,2,6-9H2,1H3,(H,15,16)(H,17,18). The lowest BCUT2D eigenvalue weighted by Crippen LogP contribution is -2.14. The smallest absolute Gasteiger partial charge is 0.303 e. The Morgan fingerprint density at radius 2 is 2.11 bits per heavy atom. The van der Waals surface area contributed by atoms with Crippen LogP contribution in [0.5, 0.6) is 0 Å². The maximum atomic E-state index is 11.6. The van der Waals surface area contributed by atoms with E-state index in [1.165, 1.54) is 0 Å². The number of rotatable bonds is 8. The van der Waals surface area contributed by atoms with Gasteiger partial charge >= 0.3 is 5.97 Å². The minimum Gasteiger partial charge on any atom is -0.481 e. The van der Waals surface area contributed by atoms with Gasteiger partial charge in [0, 0.05) is 18.7 Å². The van der Waals surface area contributed by atoms with Crippen LogP contribution in [-0.2, 0) is 20.7 Å². The molecule has 0 aromatic heterocycles. The first-order valence-electron chi connectivity index (χ1n) is 6.30. The monoisotopic (exact) mass is 265 g/mol. The van der Waals surface area contributed by atoms with Crippen LogP contribution in [0.4, 0.5) is 5.69 Å². The molecule has 0 spiro atoms. The molecule has 1 amide bonds. The average molecular weight is 265 g/mol. The molecule has 1 aromatic rings. The summed E-state index contributed by atoms with van der Waals surface area (Å²) >= 11 is 0. The molecule has 0 atom stereocenters. The lowest BCUT2D eigenvalue weighted by molar-refractivity contribution is -0.137. The molecule has 0 unspecified atom stereocenters. The molecule has 104 valence electrons. The number of benzene rings is 1. The van der Waals surface area contributed by atoms with Gasteiger partial charge in [-0.25, -0.2) is 0 Å². The Balaban J connectivity index is 2.47. The van der Waals surface area contributed by atoms with Gasteiger partial charge in [-0.2, -0.15) is 0 Å². The van der Waals surface area contributed by atoms with Crippen molar-refractivity contribution in [3.05, 3.63) is 29.8 Å². The molecule has 1 rings (SSSR count). The first-order chi connectivity index (χ1) is 9.11. The molecule has 0 saturated carbocycles. The highest BCUT2D eigenvalue weighted by Crippen LogP contribution is 2.12. The first-order valence-corrected chi connectivity index (χ1v) is 6.30. The van der Waals surface area contributed by atoms with Crippen molar-refractivity contribution in [2.45, 2.75) is 26.2 Å². The topological polar surface area (TPSA) is 75.6 Å². The highest BCUT2D eigenvalue weighted by atomic mass is 16.5. The number of ether oxygens (including phenoxy) is 1. The van der Waals surface area contributed by atoms with Gasteiger partial charge < -0.3 is 15.2 Å². The molecule has 0 bridgehead atoms. The van der Waals surface area contributed by atoms with Crippen LogP contribution in [0.25, 0.3) is 0 Å². The van der Waals surface area contributed by atoms with Crippen molar-refractivity contribution >= 4 is 17.6 Å². The van der Waals surface area contributed by atoms with E-state index >= 15 is 0 Å². The Labute approximate surface area is 112 Å². The van der Waals surface area contributed by atoms with Gasteiger partial charge in [-0.05, 0) is 31.0 Å². The van der Waals surface area contributed by atoms with E-state index in [9.17, 15) is 9.59 Å². The van der Waals surface area contributed by atoms with Gasteiger partial charge in [-0.3, -0.25) is 9.59 Å². The minimum atomic E-state index is -0.828. The number of anilines is 1. The third-order valence-electron chi connectivity index (χ3n) is 2.52.